The molecule has 0 aliphatic carbocycles. The van der Waals surface area contributed by atoms with Crippen LogP contribution in [-0.4, -0.2) is 27.1 Å². The molecular weight excluding hydrogens is 224 g/mol. The quantitative estimate of drug-likeness (QED) is 0.691. The van der Waals surface area contributed by atoms with Crippen LogP contribution in [-0.2, 0) is 22.6 Å². The average molecular weight is 238 g/mol. The Bertz CT molecular complexity index is 439. The Morgan fingerprint density at radius 1 is 1.24 bits per heavy atom. The summed E-state index contributed by atoms with van der Waals surface area (Å²) >= 11 is 0. The van der Waals surface area contributed by atoms with Crippen LogP contribution in [0.2, 0.25) is 0 Å². The molecular formula is C12H14O5. The van der Waals surface area contributed by atoms with E-state index in [0.29, 0.717) is 11.1 Å². The van der Waals surface area contributed by atoms with Gasteiger partial charge in [-0.2, -0.15) is 0 Å². The Hall–Kier alpha value is -1.72. The summed E-state index contributed by atoms with van der Waals surface area (Å²) in [6.45, 7) is 1.14. The molecule has 0 saturated heterocycles. The summed E-state index contributed by atoms with van der Waals surface area (Å²) in [5, 5.41) is 27.1. The maximum absolute atomic E-state index is 11.0. The summed E-state index contributed by atoms with van der Waals surface area (Å²) in [6.07, 6.45) is -1.50. The molecule has 1 aromatic carbocycles. The minimum absolute atomic E-state index is 0.0733. The zero-order chi connectivity index (χ0) is 13.0. The van der Waals surface area contributed by atoms with Gasteiger partial charge in [-0.1, -0.05) is 18.2 Å². The molecule has 1 atom stereocenters. The Balaban J connectivity index is 3.13. The normalized spacial score (nSPS) is 12.2. The number of Topliss-reactive ketones (excluding diaryl/α,β-unsaturated/α-hetero) is 1. The van der Waals surface area contributed by atoms with Crippen LogP contribution in [0.15, 0.2) is 18.2 Å². The van der Waals surface area contributed by atoms with Gasteiger partial charge >= 0.3 is 5.97 Å². The molecule has 1 aromatic rings. The first-order valence-corrected chi connectivity index (χ1v) is 5.08. The van der Waals surface area contributed by atoms with E-state index in [9.17, 15) is 14.7 Å². The van der Waals surface area contributed by atoms with Crippen LogP contribution in [0.3, 0.4) is 0 Å². The SMILES string of the molecule is CC(=O)Cc1cc(CO)cc(C(O)C(=O)O)c1. The molecule has 0 bridgehead atoms. The number of benzene rings is 1. The summed E-state index contributed by atoms with van der Waals surface area (Å²) in [7, 11) is 0. The predicted molar refractivity (Wildman–Crippen MR) is 59.3 cm³/mol. The van der Waals surface area contributed by atoms with Crippen LogP contribution in [0.4, 0.5) is 0 Å². The van der Waals surface area contributed by atoms with Crippen molar-refractivity contribution >= 4 is 11.8 Å². The lowest BCUT2D eigenvalue weighted by Crippen LogP contribution is -2.11. The summed E-state index contributed by atoms with van der Waals surface area (Å²) in [6, 6.07) is 4.47. The summed E-state index contributed by atoms with van der Waals surface area (Å²) in [4.78, 5) is 21.6. The summed E-state index contributed by atoms with van der Waals surface area (Å²) in [5.41, 5.74) is 1.22. The Morgan fingerprint density at radius 2 is 1.82 bits per heavy atom. The molecule has 3 N–H and O–H groups in total. The van der Waals surface area contributed by atoms with Gasteiger partial charge in [0.25, 0.3) is 0 Å². The zero-order valence-corrected chi connectivity index (χ0v) is 9.38. The van der Waals surface area contributed by atoms with Crippen molar-refractivity contribution < 1.29 is 24.9 Å². The van der Waals surface area contributed by atoms with Gasteiger partial charge < -0.3 is 15.3 Å². The van der Waals surface area contributed by atoms with Crippen LogP contribution in [0.25, 0.3) is 0 Å². The van der Waals surface area contributed by atoms with E-state index >= 15 is 0 Å². The molecule has 5 nitrogen and oxygen atoms in total. The van der Waals surface area contributed by atoms with Crippen LogP contribution >= 0.6 is 0 Å². The van der Waals surface area contributed by atoms with E-state index in [0.717, 1.165) is 0 Å². The lowest BCUT2D eigenvalue weighted by Gasteiger charge is -2.10. The van der Waals surface area contributed by atoms with Crippen molar-refractivity contribution in [2.24, 2.45) is 0 Å². The van der Waals surface area contributed by atoms with Crippen LogP contribution < -0.4 is 0 Å². The molecule has 0 aromatic heterocycles. The highest BCUT2D eigenvalue weighted by Gasteiger charge is 2.17. The minimum atomic E-state index is -1.65. The van der Waals surface area contributed by atoms with E-state index < -0.39 is 12.1 Å². The van der Waals surface area contributed by atoms with E-state index in [2.05, 4.69) is 0 Å². The van der Waals surface area contributed by atoms with E-state index in [1.54, 1.807) is 6.07 Å². The fourth-order valence-corrected chi connectivity index (χ4v) is 1.57. The number of aliphatic carboxylic acids is 1. The van der Waals surface area contributed by atoms with Gasteiger partial charge in [-0.3, -0.25) is 4.79 Å². The molecule has 5 heteroatoms. The molecule has 0 amide bonds. The fourth-order valence-electron chi connectivity index (χ4n) is 1.57. The highest BCUT2D eigenvalue weighted by Crippen LogP contribution is 2.18. The maximum Gasteiger partial charge on any atom is 0.337 e. The first kappa shape index (κ1) is 13.3. The number of aliphatic hydroxyl groups excluding tert-OH is 2. The smallest absolute Gasteiger partial charge is 0.337 e. The van der Waals surface area contributed by atoms with E-state index in [-0.39, 0.29) is 24.4 Å². The number of carbonyl (C=O) groups excluding carboxylic acids is 1. The standard InChI is InChI=1S/C12H14O5/c1-7(14)2-8-3-9(6-13)5-10(4-8)11(15)12(16)17/h3-5,11,13,15H,2,6H2,1H3,(H,16,17). The monoisotopic (exact) mass is 238 g/mol. The average Bonchev–Trinajstić information content (AvgIpc) is 2.26. The first-order chi connectivity index (χ1) is 7.93. The second-order valence-electron chi connectivity index (χ2n) is 3.86. The molecule has 92 valence electrons. The van der Waals surface area contributed by atoms with Crippen LogP contribution in [0.5, 0.6) is 0 Å². The summed E-state index contributed by atoms with van der Waals surface area (Å²) < 4.78 is 0. The van der Waals surface area contributed by atoms with Crippen molar-refractivity contribution in [2.75, 3.05) is 0 Å². The number of carboxylic acid groups (broad SMARTS) is 1. The van der Waals surface area contributed by atoms with E-state index in [1.807, 2.05) is 0 Å². The molecule has 0 fully saturated rings. The second kappa shape index (κ2) is 5.56. The molecule has 0 saturated carbocycles. The number of carboxylic acids is 1. The van der Waals surface area contributed by atoms with Gasteiger partial charge in [-0.05, 0) is 23.6 Å². The Labute approximate surface area is 98.3 Å². The number of hydrogen-bond acceptors (Lipinski definition) is 4. The van der Waals surface area contributed by atoms with Crippen LogP contribution in [0.1, 0.15) is 29.7 Å². The third-order valence-corrected chi connectivity index (χ3v) is 2.26. The largest absolute Gasteiger partial charge is 0.479 e. The molecule has 0 heterocycles. The van der Waals surface area contributed by atoms with Crippen molar-refractivity contribution in [3.63, 3.8) is 0 Å². The maximum atomic E-state index is 11.0. The van der Waals surface area contributed by atoms with Gasteiger partial charge in [-0.25, -0.2) is 4.79 Å². The molecule has 0 radical (unpaired) electrons. The number of hydrogen-bond donors (Lipinski definition) is 3. The number of ketones is 1. The first-order valence-electron chi connectivity index (χ1n) is 5.08. The zero-order valence-electron chi connectivity index (χ0n) is 9.38. The molecule has 1 rings (SSSR count). The van der Waals surface area contributed by atoms with E-state index in [1.165, 1.54) is 19.1 Å². The van der Waals surface area contributed by atoms with Gasteiger partial charge in [0.1, 0.15) is 5.78 Å². The molecule has 17 heavy (non-hydrogen) atoms. The lowest BCUT2D eigenvalue weighted by molar-refractivity contribution is -0.146. The molecule has 1 unspecified atom stereocenters. The highest BCUT2D eigenvalue weighted by atomic mass is 16.4. The third-order valence-electron chi connectivity index (χ3n) is 2.26. The topological polar surface area (TPSA) is 94.8 Å². The van der Waals surface area contributed by atoms with Crippen molar-refractivity contribution in [1.82, 2.24) is 0 Å². The Morgan fingerprint density at radius 3 is 2.29 bits per heavy atom. The van der Waals surface area contributed by atoms with Gasteiger partial charge in [0.05, 0.1) is 6.61 Å². The van der Waals surface area contributed by atoms with Gasteiger partial charge in [0.2, 0.25) is 0 Å². The third kappa shape index (κ3) is 3.65. The van der Waals surface area contributed by atoms with Crippen LogP contribution in [0, 0.1) is 0 Å². The number of rotatable bonds is 5. The fraction of sp³-hybridized carbons (Fsp3) is 0.333. The number of aliphatic hydroxyl groups is 2. The van der Waals surface area contributed by atoms with E-state index in [4.69, 9.17) is 10.2 Å². The van der Waals surface area contributed by atoms with Crippen molar-refractivity contribution in [1.29, 1.82) is 0 Å². The minimum Gasteiger partial charge on any atom is -0.479 e. The molecule has 0 aliphatic heterocycles. The summed E-state index contributed by atoms with van der Waals surface area (Å²) in [5.74, 6) is -1.44. The van der Waals surface area contributed by atoms with Gasteiger partial charge in [0, 0.05) is 6.42 Å². The van der Waals surface area contributed by atoms with Crippen molar-refractivity contribution in [3.05, 3.63) is 34.9 Å². The number of carbonyl (C=O) groups is 2. The molecule has 0 aliphatic rings. The molecule has 0 spiro atoms. The van der Waals surface area contributed by atoms with Crippen molar-refractivity contribution in [2.45, 2.75) is 26.1 Å². The lowest BCUT2D eigenvalue weighted by atomic mass is 9.99. The Kier molecular flexibility index (Phi) is 4.37. The second-order valence-corrected chi connectivity index (χ2v) is 3.86. The van der Waals surface area contributed by atoms with Crippen molar-refractivity contribution in [3.8, 4) is 0 Å². The van der Waals surface area contributed by atoms with Gasteiger partial charge in [0.15, 0.2) is 6.10 Å². The predicted octanol–water partition coefficient (Wildman–Crippen LogP) is 0.428. The van der Waals surface area contributed by atoms with Gasteiger partial charge in [-0.15, -0.1) is 0 Å². The highest BCUT2D eigenvalue weighted by molar-refractivity contribution is 5.78.